The number of nitrogens with one attached hydrogen (secondary N) is 1. The van der Waals surface area contributed by atoms with Gasteiger partial charge in [0.15, 0.2) is 0 Å². The van der Waals surface area contributed by atoms with Gasteiger partial charge in [-0.1, -0.05) is 34.9 Å². The Morgan fingerprint density at radius 1 is 0.839 bits per heavy atom. The third-order valence-corrected chi connectivity index (χ3v) is 5.74. The predicted molar refractivity (Wildman–Crippen MR) is 131 cm³/mol. The van der Waals surface area contributed by atoms with Crippen molar-refractivity contribution < 1.29 is 19.5 Å². The smallest absolute Gasteiger partial charge is 0.327 e. The van der Waals surface area contributed by atoms with E-state index in [-0.39, 0.29) is 18.1 Å². The van der Waals surface area contributed by atoms with Crippen molar-refractivity contribution >= 4 is 29.4 Å². The number of hydrogen-bond acceptors (Lipinski definition) is 4. The predicted octanol–water partition coefficient (Wildman–Crippen LogP) is 5.86. The molecule has 0 saturated heterocycles. The van der Waals surface area contributed by atoms with Gasteiger partial charge in [0.25, 0.3) is 0 Å². The molecule has 1 atom stereocenters. The van der Waals surface area contributed by atoms with E-state index in [9.17, 15) is 19.5 Å². The highest BCUT2D eigenvalue weighted by Crippen LogP contribution is 2.13. The molecule has 6 heteroatoms. The summed E-state index contributed by atoms with van der Waals surface area (Å²) in [7, 11) is 0. The Bertz CT molecular complexity index is 660. The van der Waals surface area contributed by atoms with Crippen LogP contribution in [-0.2, 0) is 14.4 Å². The number of carbonyl (C=O) groups is 3. The zero-order valence-corrected chi connectivity index (χ0v) is 20.8. The number of carboxylic acids is 1. The first-order chi connectivity index (χ1) is 14.6. The molecule has 0 aliphatic rings. The van der Waals surface area contributed by atoms with E-state index in [1.165, 1.54) is 35.4 Å². The van der Waals surface area contributed by atoms with Crippen molar-refractivity contribution in [2.45, 2.75) is 92.0 Å². The fraction of sp³-hybridized carbons (Fsp3) is 0.640. The fourth-order valence-corrected chi connectivity index (χ4v) is 3.83. The number of ketones is 1. The Kier molecular flexibility index (Phi) is 16.8. The molecular formula is C25H41NO4S. The monoisotopic (exact) mass is 451 g/mol. The van der Waals surface area contributed by atoms with Crippen LogP contribution in [0.2, 0.25) is 0 Å². The molecule has 0 fully saturated rings. The number of carboxylic acid groups (broad SMARTS) is 1. The van der Waals surface area contributed by atoms with E-state index in [4.69, 9.17) is 0 Å². The molecule has 0 spiro atoms. The summed E-state index contributed by atoms with van der Waals surface area (Å²) in [5.74, 6) is -0.113. The van der Waals surface area contributed by atoms with Crippen LogP contribution in [-0.4, -0.2) is 40.3 Å². The molecule has 0 heterocycles. The number of allylic oxidation sites excluding steroid dienone is 5. The van der Waals surface area contributed by atoms with Gasteiger partial charge in [-0.25, -0.2) is 4.79 Å². The van der Waals surface area contributed by atoms with E-state index in [1.54, 1.807) is 0 Å². The number of hydrogen-bond donors (Lipinski definition) is 2. The molecule has 0 bridgehead atoms. The summed E-state index contributed by atoms with van der Waals surface area (Å²) < 4.78 is 0. The number of carbonyl (C=O) groups excluding carboxylic acids is 2. The number of aliphatic carboxylic acids is 1. The molecule has 0 radical (unpaired) electrons. The maximum absolute atomic E-state index is 11.9. The van der Waals surface area contributed by atoms with E-state index in [1.807, 2.05) is 0 Å². The van der Waals surface area contributed by atoms with Crippen LogP contribution in [0.15, 0.2) is 34.9 Å². The lowest BCUT2D eigenvalue weighted by molar-refractivity contribution is -0.141. The number of Topliss-reactive ketones (excluding diaryl/α,β-unsaturated/α-hetero) is 1. The number of thioether (sulfide) groups is 1. The lowest BCUT2D eigenvalue weighted by Crippen LogP contribution is -2.42. The second-order valence-corrected chi connectivity index (χ2v) is 9.44. The third-order valence-electron chi connectivity index (χ3n) is 4.77. The van der Waals surface area contributed by atoms with Gasteiger partial charge in [-0.05, 0) is 73.1 Å². The van der Waals surface area contributed by atoms with Crippen LogP contribution in [0, 0.1) is 0 Å². The molecule has 2 N–H and O–H groups in total. The van der Waals surface area contributed by atoms with Gasteiger partial charge in [-0.3, -0.25) is 4.79 Å². The molecule has 0 rings (SSSR count). The van der Waals surface area contributed by atoms with Crippen molar-refractivity contribution in [3.05, 3.63) is 34.9 Å². The molecule has 0 saturated carbocycles. The average Bonchev–Trinajstić information content (AvgIpc) is 2.67. The van der Waals surface area contributed by atoms with E-state index < -0.39 is 12.0 Å². The molecule has 0 aliphatic carbocycles. The van der Waals surface area contributed by atoms with Gasteiger partial charge in [-0.15, -0.1) is 0 Å². The Morgan fingerprint density at radius 3 is 2.00 bits per heavy atom. The van der Waals surface area contributed by atoms with E-state index in [2.05, 4.69) is 51.2 Å². The van der Waals surface area contributed by atoms with Crippen LogP contribution in [0.1, 0.15) is 86.0 Å². The van der Waals surface area contributed by atoms with Crippen LogP contribution in [0.3, 0.4) is 0 Å². The maximum atomic E-state index is 11.9. The van der Waals surface area contributed by atoms with Crippen LogP contribution in [0.25, 0.3) is 0 Å². The van der Waals surface area contributed by atoms with Crippen molar-refractivity contribution in [2.75, 3.05) is 11.5 Å². The summed E-state index contributed by atoms with van der Waals surface area (Å²) in [6, 6.07) is -0.884. The van der Waals surface area contributed by atoms with Crippen molar-refractivity contribution in [2.24, 2.45) is 0 Å². The Morgan fingerprint density at radius 2 is 1.42 bits per heavy atom. The van der Waals surface area contributed by atoms with Crippen LogP contribution < -0.4 is 5.32 Å². The highest BCUT2D eigenvalue weighted by atomic mass is 32.2. The van der Waals surface area contributed by atoms with E-state index in [0.29, 0.717) is 25.0 Å². The molecular weight excluding hydrogens is 410 g/mol. The summed E-state index contributed by atoms with van der Waals surface area (Å²) in [5.41, 5.74) is 4.07. The average molecular weight is 452 g/mol. The molecule has 0 aromatic heterocycles. The van der Waals surface area contributed by atoms with Crippen molar-refractivity contribution in [3.63, 3.8) is 0 Å². The zero-order valence-electron chi connectivity index (χ0n) is 20.0. The highest BCUT2D eigenvalue weighted by Gasteiger charge is 2.19. The first kappa shape index (κ1) is 29.2. The summed E-state index contributed by atoms with van der Waals surface area (Å²) in [5, 5.41) is 11.9. The topological polar surface area (TPSA) is 83.5 Å². The van der Waals surface area contributed by atoms with Crippen LogP contribution in [0.5, 0.6) is 0 Å². The molecule has 0 unspecified atom stereocenters. The largest absolute Gasteiger partial charge is 0.480 e. The molecule has 0 aliphatic heterocycles. The Hall–Kier alpha value is -1.82. The van der Waals surface area contributed by atoms with E-state index >= 15 is 0 Å². The summed E-state index contributed by atoms with van der Waals surface area (Å²) in [4.78, 5) is 34.2. The van der Waals surface area contributed by atoms with Crippen LogP contribution in [0.4, 0.5) is 0 Å². The number of rotatable bonds is 17. The second-order valence-electron chi connectivity index (χ2n) is 8.36. The third kappa shape index (κ3) is 18.7. The van der Waals surface area contributed by atoms with Gasteiger partial charge in [-0.2, -0.15) is 11.8 Å². The first-order valence-electron chi connectivity index (χ1n) is 11.2. The molecule has 0 aromatic carbocycles. The molecule has 176 valence electrons. The van der Waals surface area contributed by atoms with Crippen molar-refractivity contribution in [3.8, 4) is 0 Å². The standard InChI is InChI=1S/C25H41NO4S/c1-19(2)10-8-11-20(3)12-9-13-21(4)16-17-31-18-23(25(29)30)26-24(28)15-7-6-14-22(5)27/h10,12,16,23H,6-9,11,13-15,17-18H2,1-5H3,(H,26,28)(H,29,30)/b20-12+,21-16+/t23-/m0/s1. The van der Waals surface area contributed by atoms with Gasteiger partial charge >= 0.3 is 5.97 Å². The Balaban J connectivity index is 4.17. The number of unbranched alkanes of at least 4 members (excludes halogenated alkanes) is 1. The fourth-order valence-electron chi connectivity index (χ4n) is 2.83. The minimum Gasteiger partial charge on any atom is -0.480 e. The summed E-state index contributed by atoms with van der Waals surface area (Å²) in [6.07, 6.45) is 12.9. The maximum Gasteiger partial charge on any atom is 0.327 e. The molecule has 0 aromatic rings. The zero-order chi connectivity index (χ0) is 23.6. The lowest BCUT2D eigenvalue weighted by atomic mass is 10.1. The lowest BCUT2D eigenvalue weighted by Gasteiger charge is -2.14. The molecule has 5 nitrogen and oxygen atoms in total. The second kappa shape index (κ2) is 17.8. The van der Waals surface area contributed by atoms with Gasteiger partial charge < -0.3 is 15.2 Å². The minimum absolute atomic E-state index is 0.106. The van der Waals surface area contributed by atoms with Gasteiger partial charge in [0, 0.05) is 24.3 Å². The highest BCUT2D eigenvalue weighted by molar-refractivity contribution is 7.99. The normalized spacial score (nSPS) is 12.9. The van der Waals surface area contributed by atoms with Gasteiger partial charge in [0.2, 0.25) is 5.91 Å². The number of amides is 1. The van der Waals surface area contributed by atoms with Gasteiger partial charge in [0.05, 0.1) is 0 Å². The summed E-state index contributed by atoms with van der Waals surface area (Å²) >= 11 is 1.51. The quantitative estimate of drug-likeness (QED) is 0.214. The molecule has 1 amide bonds. The molecule has 31 heavy (non-hydrogen) atoms. The minimum atomic E-state index is -1.01. The summed E-state index contributed by atoms with van der Waals surface area (Å²) in [6.45, 7) is 10.0. The SMILES string of the molecule is CC(=O)CCCCC(=O)N[C@@H](CSC/C=C(\C)CC/C=C(\C)CCC=C(C)C)C(=O)O. The van der Waals surface area contributed by atoms with Gasteiger partial charge in [0.1, 0.15) is 11.8 Å². The van der Waals surface area contributed by atoms with E-state index in [0.717, 1.165) is 31.4 Å². The van der Waals surface area contributed by atoms with Crippen LogP contribution >= 0.6 is 11.8 Å². The van der Waals surface area contributed by atoms with Crippen molar-refractivity contribution in [1.82, 2.24) is 5.32 Å². The van der Waals surface area contributed by atoms with Crippen molar-refractivity contribution in [1.29, 1.82) is 0 Å². The first-order valence-corrected chi connectivity index (χ1v) is 12.3. The Labute approximate surface area is 192 Å².